The van der Waals surface area contributed by atoms with Crippen LogP contribution in [0, 0.1) is 0 Å². The molecule has 3 heterocycles. The molecule has 0 radical (unpaired) electrons. The standard InChI is InChI=1S/C17H16N2O5/c20-14(12-9-11-3-1-2-4-13(11)23-15(12)21)19-7-5-17(6-8-19)10-18-16(22)24-17/h1-4,9H,5-8,10H2,(H,18,22). The van der Waals surface area contributed by atoms with Gasteiger partial charge in [-0.3, -0.25) is 4.79 Å². The summed E-state index contributed by atoms with van der Waals surface area (Å²) >= 11 is 0. The summed E-state index contributed by atoms with van der Waals surface area (Å²) in [5, 5.41) is 3.37. The van der Waals surface area contributed by atoms with Crippen LogP contribution in [-0.4, -0.2) is 42.1 Å². The Morgan fingerprint density at radius 1 is 1.17 bits per heavy atom. The highest BCUT2D eigenvalue weighted by Gasteiger charge is 2.43. The van der Waals surface area contributed by atoms with Crippen LogP contribution in [0.25, 0.3) is 11.0 Å². The lowest BCUT2D eigenvalue weighted by Crippen LogP contribution is -2.49. The molecule has 2 aromatic rings. The highest BCUT2D eigenvalue weighted by molar-refractivity contribution is 5.96. The van der Waals surface area contributed by atoms with Crippen LogP contribution in [0.15, 0.2) is 39.5 Å². The fraction of sp³-hybridized carbons (Fsp3) is 0.353. The average molecular weight is 328 g/mol. The first-order chi connectivity index (χ1) is 11.6. The smallest absolute Gasteiger partial charge is 0.407 e. The Labute approximate surface area is 137 Å². The first-order valence-electron chi connectivity index (χ1n) is 7.85. The number of amides is 2. The second-order valence-corrected chi connectivity index (χ2v) is 6.20. The molecule has 0 unspecified atom stereocenters. The molecule has 7 nitrogen and oxygen atoms in total. The van der Waals surface area contributed by atoms with Crippen molar-refractivity contribution >= 4 is 23.0 Å². The number of para-hydroxylation sites is 1. The van der Waals surface area contributed by atoms with E-state index < -0.39 is 17.3 Å². The first-order valence-corrected chi connectivity index (χ1v) is 7.85. The van der Waals surface area contributed by atoms with E-state index in [-0.39, 0.29) is 11.5 Å². The number of nitrogens with one attached hydrogen (secondary N) is 1. The molecule has 1 spiro atoms. The zero-order valence-corrected chi connectivity index (χ0v) is 12.9. The topological polar surface area (TPSA) is 88.9 Å². The van der Waals surface area contributed by atoms with E-state index in [2.05, 4.69) is 5.32 Å². The van der Waals surface area contributed by atoms with Crippen molar-refractivity contribution < 1.29 is 18.7 Å². The molecule has 4 rings (SSSR count). The van der Waals surface area contributed by atoms with Crippen molar-refractivity contribution in [2.45, 2.75) is 18.4 Å². The van der Waals surface area contributed by atoms with Gasteiger partial charge in [0.05, 0.1) is 6.54 Å². The predicted octanol–water partition coefficient (Wildman–Crippen LogP) is 1.51. The third-order valence-corrected chi connectivity index (χ3v) is 4.70. The number of likely N-dealkylation sites (tertiary alicyclic amines) is 1. The first kappa shape index (κ1) is 14.7. The maximum Gasteiger partial charge on any atom is 0.407 e. The van der Waals surface area contributed by atoms with Crippen LogP contribution in [0.2, 0.25) is 0 Å². The van der Waals surface area contributed by atoms with Crippen molar-refractivity contribution in [1.82, 2.24) is 10.2 Å². The van der Waals surface area contributed by atoms with Gasteiger partial charge in [-0.2, -0.15) is 0 Å². The molecule has 0 atom stereocenters. The molecule has 2 aliphatic heterocycles. The molecule has 0 bridgehead atoms. The van der Waals surface area contributed by atoms with Crippen molar-refractivity contribution in [1.29, 1.82) is 0 Å². The number of carbonyl (C=O) groups is 2. The molecule has 1 N–H and O–H groups in total. The van der Waals surface area contributed by atoms with Crippen molar-refractivity contribution in [3.05, 3.63) is 46.3 Å². The number of rotatable bonds is 1. The van der Waals surface area contributed by atoms with E-state index >= 15 is 0 Å². The van der Waals surface area contributed by atoms with E-state index in [0.717, 1.165) is 0 Å². The Balaban J connectivity index is 1.56. The van der Waals surface area contributed by atoms with Gasteiger partial charge in [0.25, 0.3) is 5.91 Å². The van der Waals surface area contributed by atoms with Crippen LogP contribution in [0.1, 0.15) is 23.2 Å². The van der Waals surface area contributed by atoms with E-state index in [1.807, 2.05) is 6.07 Å². The Hall–Kier alpha value is -2.83. The summed E-state index contributed by atoms with van der Waals surface area (Å²) in [6.07, 6.45) is 0.692. The quantitative estimate of drug-likeness (QED) is 0.802. The largest absolute Gasteiger partial charge is 0.441 e. The van der Waals surface area contributed by atoms with E-state index in [1.54, 1.807) is 29.2 Å². The number of piperidine rings is 1. The summed E-state index contributed by atoms with van der Waals surface area (Å²) < 4.78 is 10.6. The summed E-state index contributed by atoms with van der Waals surface area (Å²) in [5.41, 5.74) is -0.665. The van der Waals surface area contributed by atoms with Crippen LogP contribution >= 0.6 is 0 Å². The number of hydrogen-bond donors (Lipinski definition) is 1. The number of hydrogen-bond acceptors (Lipinski definition) is 5. The Morgan fingerprint density at radius 3 is 2.62 bits per heavy atom. The van der Waals surface area contributed by atoms with E-state index in [0.29, 0.717) is 43.4 Å². The predicted molar refractivity (Wildman–Crippen MR) is 84.8 cm³/mol. The third kappa shape index (κ3) is 2.42. The van der Waals surface area contributed by atoms with Crippen LogP contribution in [-0.2, 0) is 4.74 Å². The van der Waals surface area contributed by atoms with Gasteiger partial charge in [0.1, 0.15) is 16.7 Å². The summed E-state index contributed by atoms with van der Waals surface area (Å²) in [6, 6.07) is 8.66. The Kier molecular flexibility index (Phi) is 3.30. The molecule has 2 fully saturated rings. The van der Waals surface area contributed by atoms with Gasteiger partial charge in [0, 0.05) is 31.3 Å². The Bertz CT molecular complexity index is 880. The highest BCUT2D eigenvalue weighted by atomic mass is 16.6. The molecule has 1 aromatic carbocycles. The molecule has 7 heteroatoms. The monoisotopic (exact) mass is 328 g/mol. The molecule has 2 aliphatic rings. The second-order valence-electron chi connectivity index (χ2n) is 6.20. The SMILES string of the molecule is O=C1NCC2(CCN(C(=O)c3cc4ccccc4oc3=O)CC2)O1. The zero-order valence-electron chi connectivity index (χ0n) is 12.9. The molecule has 2 amide bonds. The lowest BCUT2D eigenvalue weighted by molar-refractivity contribution is 0.00321. The number of carbonyl (C=O) groups excluding carboxylic acids is 2. The van der Waals surface area contributed by atoms with Crippen molar-refractivity contribution in [2.24, 2.45) is 0 Å². The van der Waals surface area contributed by atoms with E-state index in [9.17, 15) is 14.4 Å². The minimum atomic E-state index is -0.632. The zero-order chi connectivity index (χ0) is 16.7. The fourth-order valence-electron chi connectivity index (χ4n) is 3.28. The molecule has 2 saturated heterocycles. The van der Waals surface area contributed by atoms with Gasteiger partial charge in [-0.1, -0.05) is 18.2 Å². The summed E-state index contributed by atoms with van der Waals surface area (Å²) in [7, 11) is 0. The lowest BCUT2D eigenvalue weighted by Gasteiger charge is -2.36. The molecule has 0 saturated carbocycles. The van der Waals surface area contributed by atoms with Gasteiger partial charge in [-0.25, -0.2) is 9.59 Å². The molecule has 0 aliphatic carbocycles. The minimum absolute atomic E-state index is 0.0335. The summed E-state index contributed by atoms with van der Waals surface area (Å²) in [4.78, 5) is 37.7. The molecule has 124 valence electrons. The average Bonchev–Trinajstić information content (AvgIpc) is 2.95. The number of fused-ring (bicyclic) bond motifs is 1. The van der Waals surface area contributed by atoms with Gasteiger partial charge in [0.2, 0.25) is 0 Å². The molecular weight excluding hydrogens is 312 g/mol. The number of nitrogens with zero attached hydrogens (tertiary/aromatic N) is 1. The normalized spacial score (nSPS) is 19.3. The van der Waals surface area contributed by atoms with Gasteiger partial charge < -0.3 is 19.4 Å². The maximum absolute atomic E-state index is 12.7. The van der Waals surface area contributed by atoms with Crippen LogP contribution < -0.4 is 10.9 Å². The van der Waals surface area contributed by atoms with Crippen LogP contribution in [0.4, 0.5) is 4.79 Å². The maximum atomic E-state index is 12.7. The fourth-order valence-corrected chi connectivity index (χ4v) is 3.28. The van der Waals surface area contributed by atoms with Crippen LogP contribution in [0.5, 0.6) is 0 Å². The molecule has 24 heavy (non-hydrogen) atoms. The summed E-state index contributed by atoms with van der Waals surface area (Å²) in [5.74, 6) is -0.346. The second kappa shape index (κ2) is 5.36. The van der Waals surface area contributed by atoms with Crippen molar-refractivity contribution in [3.63, 3.8) is 0 Å². The van der Waals surface area contributed by atoms with Gasteiger partial charge >= 0.3 is 11.7 Å². The van der Waals surface area contributed by atoms with Crippen molar-refractivity contribution in [3.8, 4) is 0 Å². The minimum Gasteiger partial charge on any atom is -0.441 e. The summed E-state index contributed by atoms with van der Waals surface area (Å²) in [6.45, 7) is 1.33. The Morgan fingerprint density at radius 2 is 1.92 bits per heavy atom. The molecule has 1 aromatic heterocycles. The third-order valence-electron chi connectivity index (χ3n) is 4.70. The van der Waals surface area contributed by atoms with Gasteiger partial charge in [-0.15, -0.1) is 0 Å². The van der Waals surface area contributed by atoms with Gasteiger partial charge in [0.15, 0.2) is 0 Å². The van der Waals surface area contributed by atoms with Crippen molar-refractivity contribution in [2.75, 3.05) is 19.6 Å². The number of ether oxygens (including phenoxy) is 1. The van der Waals surface area contributed by atoms with Gasteiger partial charge in [-0.05, 0) is 12.1 Å². The number of benzene rings is 1. The van der Waals surface area contributed by atoms with E-state index in [1.165, 1.54) is 0 Å². The highest BCUT2D eigenvalue weighted by Crippen LogP contribution is 2.29. The van der Waals surface area contributed by atoms with Crippen LogP contribution in [0.3, 0.4) is 0 Å². The molecular formula is C17H16N2O5. The van der Waals surface area contributed by atoms with E-state index in [4.69, 9.17) is 9.15 Å². The number of alkyl carbamates (subject to hydrolysis) is 1. The lowest BCUT2D eigenvalue weighted by atomic mass is 9.91.